The van der Waals surface area contributed by atoms with Crippen LogP contribution in [0.3, 0.4) is 0 Å². The number of ether oxygens (including phenoxy) is 1. The molecule has 20 heavy (non-hydrogen) atoms. The minimum absolute atomic E-state index is 0.0240. The zero-order valence-corrected chi connectivity index (χ0v) is 11.6. The number of hydrogen-bond donors (Lipinski definition) is 1. The number of morpholine rings is 1. The van der Waals surface area contributed by atoms with E-state index in [2.05, 4.69) is 9.88 Å². The maximum absolute atomic E-state index is 12.0. The minimum atomic E-state index is -0.511. The van der Waals surface area contributed by atoms with Gasteiger partial charge in [-0.05, 0) is 13.3 Å². The molecule has 0 amide bonds. The molecule has 0 saturated carbocycles. The van der Waals surface area contributed by atoms with Crippen molar-refractivity contribution in [3.8, 4) is 0 Å². The van der Waals surface area contributed by atoms with Crippen LogP contribution in [0.4, 0.5) is 0 Å². The molecule has 1 saturated heterocycles. The number of aromatic nitrogens is 2. The minimum Gasteiger partial charge on any atom is -0.379 e. The fraction of sp³-hybridized carbons (Fsp3) is 0.615. The third kappa shape index (κ3) is 3.43. The van der Waals surface area contributed by atoms with Gasteiger partial charge in [0.05, 0.1) is 18.8 Å². The van der Waals surface area contributed by atoms with Gasteiger partial charge >= 0.3 is 5.69 Å². The predicted molar refractivity (Wildman–Crippen MR) is 73.2 cm³/mol. The summed E-state index contributed by atoms with van der Waals surface area (Å²) in [5.41, 5.74) is -0.957. The monoisotopic (exact) mass is 281 g/mol. The summed E-state index contributed by atoms with van der Waals surface area (Å²) < 4.78 is 6.35. The van der Waals surface area contributed by atoms with Gasteiger partial charge in [-0.2, -0.15) is 0 Å². The van der Waals surface area contributed by atoms with E-state index in [9.17, 15) is 14.4 Å². The third-order valence-corrected chi connectivity index (χ3v) is 3.40. The summed E-state index contributed by atoms with van der Waals surface area (Å²) in [6.45, 7) is 5.62. The van der Waals surface area contributed by atoms with Crippen molar-refractivity contribution in [3.05, 3.63) is 32.6 Å². The lowest BCUT2D eigenvalue weighted by molar-refractivity contribution is 0.0368. The molecule has 0 bridgehead atoms. The molecular weight excluding hydrogens is 262 g/mol. The second kappa shape index (κ2) is 6.62. The first-order valence-corrected chi connectivity index (χ1v) is 6.73. The predicted octanol–water partition coefficient (Wildman–Crippen LogP) is -0.538. The number of aromatic amines is 1. The average Bonchev–Trinajstić information content (AvgIpc) is 2.43. The first kappa shape index (κ1) is 14.7. The van der Waals surface area contributed by atoms with Gasteiger partial charge in [-0.25, -0.2) is 4.79 Å². The fourth-order valence-corrected chi connectivity index (χ4v) is 2.24. The lowest BCUT2D eigenvalue weighted by atomic mass is 10.2. The Kier molecular flexibility index (Phi) is 4.86. The van der Waals surface area contributed by atoms with E-state index in [1.807, 2.05) is 0 Å². The molecule has 1 N–H and O–H groups in total. The first-order chi connectivity index (χ1) is 9.59. The van der Waals surface area contributed by atoms with Crippen LogP contribution in [0.15, 0.2) is 15.8 Å². The van der Waals surface area contributed by atoms with Crippen LogP contribution in [0.25, 0.3) is 0 Å². The second-order valence-electron chi connectivity index (χ2n) is 4.83. The standard InChI is InChI=1S/C13H19N3O4/c1-10(17)11-9-14-13(19)16(12(11)18)4-2-3-15-5-7-20-8-6-15/h9H,2-8H2,1H3,(H,14,19). The van der Waals surface area contributed by atoms with E-state index in [0.29, 0.717) is 13.0 Å². The smallest absolute Gasteiger partial charge is 0.328 e. The van der Waals surface area contributed by atoms with Crippen molar-refractivity contribution in [1.29, 1.82) is 0 Å². The highest BCUT2D eigenvalue weighted by atomic mass is 16.5. The van der Waals surface area contributed by atoms with E-state index in [4.69, 9.17) is 4.74 Å². The summed E-state index contributed by atoms with van der Waals surface area (Å²) in [5.74, 6) is -0.340. The van der Waals surface area contributed by atoms with Crippen molar-refractivity contribution in [2.45, 2.75) is 19.9 Å². The van der Waals surface area contributed by atoms with Gasteiger partial charge in [0.1, 0.15) is 0 Å². The molecule has 1 aromatic rings. The molecule has 7 nitrogen and oxygen atoms in total. The van der Waals surface area contributed by atoms with E-state index in [-0.39, 0.29) is 11.3 Å². The normalized spacial score (nSPS) is 16.2. The van der Waals surface area contributed by atoms with Crippen LogP contribution in [0.1, 0.15) is 23.7 Å². The number of nitrogens with one attached hydrogen (secondary N) is 1. The van der Waals surface area contributed by atoms with Gasteiger partial charge in [-0.3, -0.25) is 19.1 Å². The first-order valence-electron chi connectivity index (χ1n) is 6.73. The number of hydrogen-bond acceptors (Lipinski definition) is 5. The number of nitrogens with zero attached hydrogens (tertiary/aromatic N) is 2. The summed E-state index contributed by atoms with van der Waals surface area (Å²) in [6.07, 6.45) is 1.87. The van der Waals surface area contributed by atoms with Crippen LogP contribution in [0.5, 0.6) is 0 Å². The summed E-state index contributed by atoms with van der Waals surface area (Å²) in [7, 11) is 0. The van der Waals surface area contributed by atoms with E-state index in [1.54, 1.807) is 0 Å². The summed E-state index contributed by atoms with van der Waals surface area (Å²) in [4.78, 5) is 39.6. The third-order valence-electron chi connectivity index (χ3n) is 3.40. The molecule has 0 aliphatic carbocycles. The summed E-state index contributed by atoms with van der Waals surface area (Å²) in [6, 6.07) is 0. The summed E-state index contributed by atoms with van der Waals surface area (Å²) in [5, 5.41) is 0. The molecule has 0 atom stereocenters. The number of rotatable bonds is 5. The molecule has 1 aliphatic heterocycles. The molecule has 110 valence electrons. The molecule has 1 aliphatic rings. The van der Waals surface area contributed by atoms with Crippen LogP contribution in [0.2, 0.25) is 0 Å². The Morgan fingerprint density at radius 2 is 2.00 bits per heavy atom. The lowest BCUT2D eigenvalue weighted by Gasteiger charge is -2.26. The highest BCUT2D eigenvalue weighted by Crippen LogP contribution is 1.98. The van der Waals surface area contributed by atoms with Crippen LogP contribution < -0.4 is 11.2 Å². The lowest BCUT2D eigenvalue weighted by Crippen LogP contribution is -2.40. The van der Waals surface area contributed by atoms with Gasteiger partial charge in [-0.1, -0.05) is 0 Å². The van der Waals surface area contributed by atoms with Crippen LogP contribution in [0, 0.1) is 0 Å². The van der Waals surface area contributed by atoms with Crippen molar-refractivity contribution in [2.75, 3.05) is 32.8 Å². The molecule has 2 rings (SSSR count). The molecule has 7 heteroatoms. The SMILES string of the molecule is CC(=O)c1c[nH]c(=O)n(CCCN2CCOCC2)c1=O. The van der Waals surface area contributed by atoms with Crippen molar-refractivity contribution < 1.29 is 9.53 Å². The van der Waals surface area contributed by atoms with Gasteiger partial charge in [0.15, 0.2) is 5.78 Å². The Balaban J connectivity index is 2.02. The molecular formula is C13H19N3O4. The Morgan fingerprint density at radius 3 is 2.65 bits per heavy atom. The number of Topliss-reactive ketones (excluding diaryl/α,β-unsaturated/α-hetero) is 1. The zero-order valence-electron chi connectivity index (χ0n) is 11.6. The quantitative estimate of drug-likeness (QED) is 0.733. The van der Waals surface area contributed by atoms with Gasteiger partial charge in [0.25, 0.3) is 5.56 Å². The Labute approximate surface area is 116 Å². The Morgan fingerprint density at radius 1 is 1.30 bits per heavy atom. The van der Waals surface area contributed by atoms with Gasteiger partial charge in [0.2, 0.25) is 0 Å². The molecule has 1 aromatic heterocycles. The highest BCUT2D eigenvalue weighted by Gasteiger charge is 2.12. The number of ketones is 1. The average molecular weight is 281 g/mol. The molecule has 0 radical (unpaired) electrons. The van der Waals surface area contributed by atoms with E-state index in [1.165, 1.54) is 13.1 Å². The van der Waals surface area contributed by atoms with Crippen molar-refractivity contribution in [2.24, 2.45) is 0 Å². The van der Waals surface area contributed by atoms with Crippen LogP contribution >= 0.6 is 0 Å². The molecule has 0 aromatic carbocycles. The Bertz CT molecular complexity index is 584. The van der Waals surface area contributed by atoms with E-state index >= 15 is 0 Å². The maximum Gasteiger partial charge on any atom is 0.328 e. The summed E-state index contributed by atoms with van der Waals surface area (Å²) >= 11 is 0. The van der Waals surface area contributed by atoms with Gasteiger partial charge < -0.3 is 9.72 Å². The number of H-pyrrole nitrogens is 1. The topological polar surface area (TPSA) is 84.4 Å². The van der Waals surface area contributed by atoms with Crippen molar-refractivity contribution in [3.63, 3.8) is 0 Å². The molecule has 1 fully saturated rings. The zero-order chi connectivity index (χ0) is 14.5. The van der Waals surface area contributed by atoms with Crippen molar-refractivity contribution >= 4 is 5.78 Å². The Hall–Kier alpha value is -1.73. The second-order valence-corrected chi connectivity index (χ2v) is 4.83. The van der Waals surface area contributed by atoms with Crippen LogP contribution in [-0.4, -0.2) is 53.1 Å². The number of carbonyl (C=O) groups excluding carboxylic acids is 1. The maximum atomic E-state index is 12.0. The van der Waals surface area contributed by atoms with E-state index < -0.39 is 11.2 Å². The largest absolute Gasteiger partial charge is 0.379 e. The molecule has 2 heterocycles. The van der Waals surface area contributed by atoms with Crippen molar-refractivity contribution in [1.82, 2.24) is 14.5 Å². The van der Waals surface area contributed by atoms with Gasteiger partial charge in [0, 0.05) is 32.4 Å². The van der Waals surface area contributed by atoms with Crippen LogP contribution in [-0.2, 0) is 11.3 Å². The molecule has 0 spiro atoms. The molecule has 0 unspecified atom stereocenters. The van der Waals surface area contributed by atoms with E-state index in [0.717, 1.165) is 37.4 Å². The highest BCUT2D eigenvalue weighted by molar-refractivity contribution is 5.93. The fourth-order valence-electron chi connectivity index (χ4n) is 2.24. The number of carbonyl (C=O) groups is 1. The van der Waals surface area contributed by atoms with Gasteiger partial charge in [-0.15, -0.1) is 0 Å².